The highest BCUT2D eigenvalue weighted by Gasteiger charge is 2.08. The summed E-state index contributed by atoms with van der Waals surface area (Å²) in [6.45, 7) is 0. The van der Waals surface area contributed by atoms with Crippen molar-refractivity contribution in [2.75, 3.05) is 0 Å². The zero-order chi connectivity index (χ0) is 12.0. The molecule has 1 aromatic carbocycles. The van der Waals surface area contributed by atoms with Crippen molar-refractivity contribution in [3.63, 3.8) is 0 Å². The Balaban J connectivity index is 2.89. The van der Waals surface area contributed by atoms with Crippen LogP contribution in [0.3, 0.4) is 0 Å². The van der Waals surface area contributed by atoms with Crippen LogP contribution in [0, 0.1) is 10.1 Å². The van der Waals surface area contributed by atoms with Crippen molar-refractivity contribution in [3.8, 4) is 0 Å². The number of para-hydroxylation sites is 1. The van der Waals surface area contributed by atoms with Crippen molar-refractivity contribution in [3.05, 3.63) is 58.2 Å². The van der Waals surface area contributed by atoms with Gasteiger partial charge in [-0.25, -0.2) is 4.79 Å². The Morgan fingerprint density at radius 1 is 1.31 bits per heavy atom. The van der Waals surface area contributed by atoms with Crippen LogP contribution in [0.2, 0.25) is 0 Å². The van der Waals surface area contributed by atoms with E-state index < -0.39 is 10.9 Å². The van der Waals surface area contributed by atoms with Gasteiger partial charge in [-0.1, -0.05) is 24.3 Å². The Bertz CT molecular complexity index is 463. The lowest BCUT2D eigenvalue weighted by molar-refractivity contribution is -0.385. The van der Waals surface area contributed by atoms with Crippen LogP contribution in [-0.2, 0) is 4.79 Å². The second-order valence-electron chi connectivity index (χ2n) is 2.87. The number of hydrogen-bond acceptors (Lipinski definition) is 3. The van der Waals surface area contributed by atoms with Crippen molar-refractivity contribution < 1.29 is 14.8 Å². The van der Waals surface area contributed by atoms with Gasteiger partial charge in [0.2, 0.25) is 0 Å². The summed E-state index contributed by atoms with van der Waals surface area (Å²) in [5.74, 6) is -1.06. The topological polar surface area (TPSA) is 80.4 Å². The molecule has 0 aliphatic rings. The number of aliphatic carboxylic acids is 1. The van der Waals surface area contributed by atoms with Gasteiger partial charge in [0, 0.05) is 12.1 Å². The first-order valence-electron chi connectivity index (χ1n) is 4.42. The molecule has 16 heavy (non-hydrogen) atoms. The van der Waals surface area contributed by atoms with E-state index in [1.165, 1.54) is 24.3 Å². The van der Waals surface area contributed by atoms with Crippen LogP contribution in [0.15, 0.2) is 42.5 Å². The number of carboxylic acid groups (broad SMARTS) is 1. The fourth-order valence-electron chi connectivity index (χ4n) is 1.09. The number of allylic oxidation sites excluding steroid dienone is 2. The fourth-order valence-corrected chi connectivity index (χ4v) is 1.09. The van der Waals surface area contributed by atoms with E-state index in [1.54, 1.807) is 18.2 Å². The van der Waals surface area contributed by atoms with Crippen molar-refractivity contribution in [1.29, 1.82) is 0 Å². The van der Waals surface area contributed by atoms with Gasteiger partial charge in [0.15, 0.2) is 0 Å². The molecule has 82 valence electrons. The number of benzene rings is 1. The lowest BCUT2D eigenvalue weighted by Gasteiger charge is -1.94. The van der Waals surface area contributed by atoms with Gasteiger partial charge >= 0.3 is 5.97 Å². The Hall–Kier alpha value is -2.43. The second kappa shape index (κ2) is 5.45. The summed E-state index contributed by atoms with van der Waals surface area (Å²) in [6, 6.07) is 6.22. The van der Waals surface area contributed by atoms with E-state index in [0.29, 0.717) is 5.56 Å². The SMILES string of the molecule is O=C(O)/C=C\C=C\c1ccccc1[N+](=O)[O-]. The maximum Gasteiger partial charge on any atom is 0.328 e. The molecule has 1 N–H and O–H groups in total. The summed E-state index contributed by atoms with van der Waals surface area (Å²) >= 11 is 0. The summed E-state index contributed by atoms with van der Waals surface area (Å²) in [7, 11) is 0. The molecular formula is C11H9NO4. The molecule has 0 aliphatic carbocycles. The van der Waals surface area contributed by atoms with Crippen LogP contribution >= 0.6 is 0 Å². The molecule has 0 fully saturated rings. The molecule has 0 aromatic heterocycles. The van der Waals surface area contributed by atoms with Gasteiger partial charge in [0.05, 0.1) is 10.5 Å². The molecule has 0 atom stereocenters. The third kappa shape index (κ3) is 3.38. The third-order valence-electron chi connectivity index (χ3n) is 1.76. The van der Waals surface area contributed by atoms with Crippen LogP contribution in [0.4, 0.5) is 5.69 Å². The van der Waals surface area contributed by atoms with E-state index >= 15 is 0 Å². The fraction of sp³-hybridized carbons (Fsp3) is 0. The lowest BCUT2D eigenvalue weighted by atomic mass is 10.1. The summed E-state index contributed by atoms with van der Waals surface area (Å²) < 4.78 is 0. The number of hydrogen-bond donors (Lipinski definition) is 1. The number of carbonyl (C=O) groups is 1. The predicted molar refractivity (Wildman–Crippen MR) is 58.9 cm³/mol. The molecule has 0 heterocycles. The van der Waals surface area contributed by atoms with Gasteiger partial charge in [-0.3, -0.25) is 10.1 Å². The molecule has 0 spiro atoms. The highest BCUT2D eigenvalue weighted by Crippen LogP contribution is 2.18. The van der Waals surface area contributed by atoms with E-state index in [2.05, 4.69) is 0 Å². The summed E-state index contributed by atoms with van der Waals surface area (Å²) in [4.78, 5) is 20.3. The van der Waals surface area contributed by atoms with Crippen molar-refractivity contribution >= 4 is 17.7 Å². The quantitative estimate of drug-likeness (QED) is 0.364. The van der Waals surface area contributed by atoms with Crippen molar-refractivity contribution in [1.82, 2.24) is 0 Å². The van der Waals surface area contributed by atoms with Gasteiger partial charge in [-0.05, 0) is 12.1 Å². The Morgan fingerprint density at radius 2 is 2.00 bits per heavy atom. The first kappa shape index (κ1) is 11.6. The summed E-state index contributed by atoms with van der Waals surface area (Å²) in [5.41, 5.74) is 0.421. The van der Waals surface area contributed by atoms with Gasteiger partial charge in [0.25, 0.3) is 5.69 Å². The van der Waals surface area contributed by atoms with Gasteiger partial charge in [-0.15, -0.1) is 0 Å². The first-order chi connectivity index (χ1) is 7.61. The molecule has 0 unspecified atom stereocenters. The molecule has 1 rings (SSSR count). The Labute approximate surface area is 91.5 Å². The van der Waals surface area contributed by atoms with E-state index in [4.69, 9.17) is 5.11 Å². The minimum Gasteiger partial charge on any atom is -0.478 e. The molecule has 0 radical (unpaired) electrons. The minimum atomic E-state index is -1.06. The van der Waals surface area contributed by atoms with E-state index in [0.717, 1.165) is 6.08 Å². The Morgan fingerprint density at radius 3 is 2.62 bits per heavy atom. The van der Waals surface area contributed by atoms with Crippen LogP contribution in [-0.4, -0.2) is 16.0 Å². The first-order valence-corrected chi connectivity index (χ1v) is 4.42. The average Bonchev–Trinajstić information content (AvgIpc) is 2.24. The summed E-state index contributed by atoms with van der Waals surface area (Å²) in [6.07, 6.45) is 5.18. The highest BCUT2D eigenvalue weighted by molar-refractivity contribution is 5.80. The number of carboxylic acids is 1. The standard InChI is InChI=1S/C11H9NO4/c13-11(14)8-4-2-6-9-5-1-3-7-10(9)12(15)16/h1-8H,(H,13,14)/b6-2+,8-4-. The molecular weight excluding hydrogens is 210 g/mol. The van der Waals surface area contributed by atoms with Gasteiger partial charge in [0.1, 0.15) is 0 Å². The van der Waals surface area contributed by atoms with Gasteiger partial charge in [-0.2, -0.15) is 0 Å². The van der Waals surface area contributed by atoms with Crippen LogP contribution in [0.1, 0.15) is 5.56 Å². The van der Waals surface area contributed by atoms with Crippen LogP contribution in [0.25, 0.3) is 6.08 Å². The van der Waals surface area contributed by atoms with Crippen molar-refractivity contribution in [2.45, 2.75) is 0 Å². The number of nitrogens with zero attached hydrogens (tertiary/aromatic N) is 1. The number of nitro groups is 1. The Kier molecular flexibility index (Phi) is 3.97. The van der Waals surface area contributed by atoms with Gasteiger partial charge < -0.3 is 5.11 Å². The third-order valence-corrected chi connectivity index (χ3v) is 1.76. The smallest absolute Gasteiger partial charge is 0.328 e. The molecule has 0 amide bonds. The van der Waals surface area contributed by atoms with Crippen LogP contribution in [0.5, 0.6) is 0 Å². The molecule has 5 nitrogen and oxygen atoms in total. The molecule has 0 saturated carbocycles. The second-order valence-corrected chi connectivity index (χ2v) is 2.87. The average molecular weight is 219 g/mol. The summed E-state index contributed by atoms with van der Waals surface area (Å²) in [5, 5.41) is 18.9. The largest absolute Gasteiger partial charge is 0.478 e. The lowest BCUT2D eigenvalue weighted by Crippen LogP contribution is -1.90. The number of nitro benzene ring substituents is 1. The zero-order valence-electron chi connectivity index (χ0n) is 8.24. The minimum absolute atomic E-state index is 0.0116. The van der Waals surface area contributed by atoms with E-state index in [-0.39, 0.29) is 5.69 Å². The van der Waals surface area contributed by atoms with E-state index in [9.17, 15) is 14.9 Å². The monoisotopic (exact) mass is 219 g/mol. The maximum absolute atomic E-state index is 10.6. The van der Waals surface area contributed by atoms with E-state index in [1.807, 2.05) is 0 Å². The molecule has 0 bridgehead atoms. The molecule has 0 aliphatic heterocycles. The highest BCUT2D eigenvalue weighted by atomic mass is 16.6. The maximum atomic E-state index is 10.6. The normalized spacial score (nSPS) is 11.0. The molecule has 0 saturated heterocycles. The van der Waals surface area contributed by atoms with Crippen LogP contribution < -0.4 is 0 Å². The molecule has 1 aromatic rings. The zero-order valence-corrected chi connectivity index (χ0v) is 8.24. The molecule has 5 heteroatoms. The van der Waals surface area contributed by atoms with Crippen molar-refractivity contribution in [2.24, 2.45) is 0 Å². The predicted octanol–water partition coefficient (Wildman–Crippen LogP) is 2.25. The number of rotatable bonds is 4.